The number of benzene rings is 4. The van der Waals surface area contributed by atoms with E-state index in [-0.39, 0.29) is 36.9 Å². The van der Waals surface area contributed by atoms with Crippen LogP contribution in [-0.4, -0.2) is 23.9 Å². The van der Waals surface area contributed by atoms with Gasteiger partial charge in [-0.2, -0.15) is 29.7 Å². The fourth-order valence-electron chi connectivity index (χ4n) is 4.07. The summed E-state index contributed by atoms with van der Waals surface area (Å²) < 4.78 is 13.9. The molecule has 4 aromatic carbocycles. The van der Waals surface area contributed by atoms with Crippen LogP contribution in [-0.2, 0) is 19.6 Å². The van der Waals surface area contributed by atoms with Gasteiger partial charge in [-0.25, -0.2) is 0 Å². The molecule has 3 N–H and O–H groups in total. The van der Waals surface area contributed by atoms with Crippen molar-refractivity contribution < 1.29 is 15.3 Å². The highest BCUT2D eigenvalue weighted by molar-refractivity contribution is 6.86. The fourth-order valence-corrected chi connectivity index (χ4v) is 5.98. The molecule has 0 aromatic heterocycles. The molecule has 0 heterocycles. The van der Waals surface area contributed by atoms with Gasteiger partial charge in [0.1, 0.15) is 17.2 Å². The summed E-state index contributed by atoms with van der Waals surface area (Å²) in [6, 6.07) is 25.7. The molecule has 0 aliphatic rings. The number of para-hydroxylation sites is 3. The number of aryl methyl sites for hydroxylation is 3. The zero-order valence-corrected chi connectivity index (χ0v) is 23.7. The van der Waals surface area contributed by atoms with Gasteiger partial charge in [-0.1, -0.05) is 84.9 Å². The second-order valence-electron chi connectivity index (χ2n) is 9.45. The molecule has 0 radical (unpaired) electrons. The normalized spacial score (nSPS) is 13.4. The fraction of sp³-hybridized carbons (Fsp3) is 0.200. The topological polar surface area (TPSA) is 135 Å². The van der Waals surface area contributed by atoms with Gasteiger partial charge in [0.15, 0.2) is 0 Å². The summed E-state index contributed by atoms with van der Waals surface area (Å²) in [5.41, 5.74) is 4.12. The van der Waals surface area contributed by atoms with E-state index in [1.165, 1.54) is 0 Å². The summed E-state index contributed by atoms with van der Waals surface area (Å²) in [6.45, 7) is 5.83. The van der Waals surface area contributed by atoms with Crippen molar-refractivity contribution >= 4 is 13.7 Å². The van der Waals surface area contributed by atoms with Gasteiger partial charge in [-0.15, -0.1) is 0 Å². The maximum Gasteiger partial charge on any atom is 0.524 e. The molecule has 0 atom stereocenters. The molecule has 40 heavy (non-hydrogen) atoms. The summed E-state index contributed by atoms with van der Waals surface area (Å²) in [4.78, 5) is 0. The predicted molar refractivity (Wildman–Crippen MR) is 156 cm³/mol. The van der Waals surface area contributed by atoms with Crippen LogP contribution < -0.4 is 5.19 Å². The van der Waals surface area contributed by atoms with Crippen molar-refractivity contribution in [3.05, 3.63) is 118 Å². The van der Waals surface area contributed by atoms with Crippen LogP contribution in [0.3, 0.4) is 0 Å². The molecule has 0 aliphatic heterocycles. The Balaban J connectivity index is 1.74. The molecule has 0 saturated carbocycles. The average Bonchev–Trinajstić information content (AvgIpc) is 2.96. The van der Waals surface area contributed by atoms with Gasteiger partial charge in [0.2, 0.25) is 0 Å². The lowest BCUT2D eigenvalue weighted by Gasteiger charge is -2.15. The first-order chi connectivity index (χ1) is 19.3. The Hall–Kier alpha value is -4.70. The van der Waals surface area contributed by atoms with Crippen molar-refractivity contribution in [2.75, 3.05) is 0 Å². The number of phenolic OH excluding ortho intramolecular Hbond substituents is 3. The monoisotopic (exact) mass is 552 g/mol. The molecule has 10 heteroatoms. The van der Waals surface area contributed by atoms with Crippen molar-refractivity contribution in [1.82, 2.24) is 0 Å². The standard InChI is InChI=1S/C30H32N6O3Si/c1-21-10-7-13-24(28(21)37)18-31-34-40(27-16-5-4-6-17-27,35-32-19-25-14-8-11-22(2)29(25)38)36-33-20-26-15-9-12-23(3)30(26)39/h4-17,37-39H,18-20H2,1-3H3. The molecule has 0 amide bonds. The first-order valence-electron chi connectivity index (χ1n) is 12.8. The minimum atomic E-state index is -3.60. The van der Waals surface area contributed by atoms with Crippen molar-refractivity contribution in [2.24, 2.45) is 29.7 Å². The SMILES string of the molecule is Cc1cccc(CN=N[Si](N=NCc2cccc(C)c2O)(N=NCc2cccc(C)c2O)c2ccccc2)c1O. The second kappa shape index (κ2) is 12.9. The van der Waals surface area contributed by atoms with E-state index in [0.717, 1.165) is 16.7 Å². The van der Waals surface area contributed by atoms with E-state index in [1.54, 1.807) is 18.2 Å². The van der Waals surface area contributed by atoms with E-state index in [0.29, 0.717) is 21.9 Å². The van der Waals surface area contributed by atoms with Crippen molar-refractivity contribution in [2.45, 2.75) is 40.4 Å². The van der Waals surface area contributed by atoms with Crippen molar-refractivity contribution in [3.63, 3.8) is 0 Å². The van der Waals surface area contributed by atoms with E-state index in [9.17, 15) is 15.3 Å². The predicted octanol–water partition coefficient (Wildman–Crippen LogP) is 6.83. The Bertz CT molecular complexity index is 1400. The third kappa shape index (κ3) is 6.64. The molecule has 0 fully saturated rings. The number of hydrogen-bond acceptors (Lipinski definition) is 9. The summed E-state index contributed by atoms with van der Waals surface area (Å²) in [7, 11) is -3.60. The zero-order chi connectivity index (χ0) is 28.5. The Morgan fingerprint density at radius 2 is 0.825 bits per heavy atom. The van der Waals surface area contributed by atoms with E-state index in [2.05, 4.69) is 29.7 Å². The van der Waals surface area contributed by atoms with E-state index in [4.69, 9.17) is 0 Å². The van der Waals surface area contributed by atoms with E-state index >= 15 is 0 Å². The quantitative estimate of drug-likeness (QED) is 0.147. The molecule has 0 unspecified atom stereocenters. The molecule has 4 rings (SSSR count). The number of aromatic hydroxyl groups is 3. The zero-order valence-electron chi connectivity index (χ0n) is 22.7. The van der Waals surface area contributed by atoms with Crippen molar-refractivity contribution in [3.8, 4) is 17.2 Å². The summed E-state index contributed by atoms with van der Waals surface area (Å²) in [5.74, 6) is 0.504. The summed E-state index contributed by atoms with van der Waals surface area (Å²) in [6.07, 6.45) is 0. The van der Waals surface area contributed by atoms with Gasteiger partial charge in [0, 0.05) is 21.9 Å². The van der Waals surface area contributed by atoms with Crippen molar-refractivity contribution in [1.29, 1.82) is 0 Å². The Morgan fingerprint density at radius 3 is 1.18 bits per heavy atom. The van der Waals surface area contributed by atoms with Gasteiger partial charge in [0.05, 0.1) is 19.6 Å². The first-order valence-corrected chi connectivity index (χ1v) is 14.7. The van der Waals surface area contributed by atoms with Crippen LogP contribution in [0.25, 0.3) is 0 Å². The molecule has 0 spiro atoms. The molecule has 0 bridgehead atoms. The lowest BCUT2D eigenvalue weighted by Crippen LogP contribution is -2.42. The molecule has 9 nitrogen and oxygen atoms in total. The Morgan fingerprint density at radius 1 is 0.475 bits per heavy atom. The smallest absolute Gasteiger partial charge is 0.507 e. The van der Waals surface area contributed by atoms with Gasteiger partial charge in [0.25, 0.3) is 0 Å². The molecule has 0 aliphatic carbocycles. The summed E-state index contributed by atoms with van der Waals surface area (Å²) >= 11 is 0. The Labute approximate surface area is 234 Å². The number of rotatable bonds is 10. The van der Waals surface area contributed by atoms with Crippen LogP contribution in [0.2, 0.25) is 0 Å². The number of nitrogens with zero attached hydrogens (tertiary/aromatic N) is 6. The highest BCUT2D eigenvalue weighted by Crippen LogP contribution is 2.26. The minimum Gasteiger partial charge on any atom is -0.507 e. The van der Waals surface area contributed by atoms with Crippen LogP contribution in [0, 0.1) is 20.8 Å². The lowest BCUT2D eigenvalue weighted by molar-refractivity contribution is 0.463. The van der Waals surface area contributed by atoms with Gasteiger partial charge in [-0.05, 0) is 37.5 Å². The van der Waals surface area contributed by atoms with Gasteiger partial charge >= 0.3 is 8.56 Å². The Kier molecular flexibility index (Phi) is 9.13. The first kappa shape index (κ1) is 28.3. The lowest BCUT2D eigenvalue weighted by atomic mass is 10.1. The highest BCUT2D eigenvalue weighted by atomic mass is 28.4. The molecule has 0 saturated heterocycles. The van der Waals surface area contributed by atoms with Gasteiger partial charge < -0.3 is 15.3 Å². The maximum absolute atomic E-state index is 10.5. The molecular formula is C30H32N6O3Si. The van der Waals surface area contributed by atoms with Gasteiger partial charge in [-0.3, -0.25) is 0 Å². The molecular weight excluding hydrogens is 520 g/mol. The second-order valence-corrected chi connectivity index (χ2v) is 11.9. The maximum atomic E-state index is 10.5. The van der Waals surface area contributed by atoms with E-state index < -0.39 is 8.56 Å². The van der Waals surface area contributed by atoms with Crippen LogP contribution in [0.15, 0.2) is 115 Å². The third-order valence-electron chi connectivity index (χ3n) is 6.48. The average molecular weight is 553 g/mol. The van der Waals surface area contributed by atoms with Crippen LogP contribution >= 0.6 is 0 Å². The molecule has 4 aromatic rings. The third-order valence-corrected chi connectivity index (χ3v) is 8.85. The van der Waals surface area contributed by atoms with Crippen LogP contribution in [0.1, 0.15) is 33.4 Å². The number of hydrogen-bond donors (Lipinski definition) is 3. The summed E-state index contributed by atoms with van der Waals surface area (Å²) in [5, 5.41) is 45.4. The molecule has 204 valence electrons. The highest BCUT2D eigenvalue weighted by Gasteiger charge is 2.40. The minimum absolute atomic E-state index is 0.122. The van der Waals surface area contributed by atoms with Crippen LogP contribution in [0.4, 0.5) is 0 Å². The number of phenols is 3. The van der Waals surface area contributed by atoms with E-state index in [1.807, 2.05) is 87.5 Å². The van der Waals surface area contributed by atoms with Crippen LogP contribution in [0.5, 0.6) is 17.2 Å². The largest absolute Gasteiger partial charge is 0.524 e.